The highest BCUT2D eigenvalue weighted by atomic mass is 16.5. The third-order valence-electron chi connectivity index (χ3n) is 4.87. The van der Waals surface area contributed by atoms with E-state index in [0.29, 0.717) is 6.04 Å². The van der Waals surface area contributed by atoms with Gasteiger partial charge in [0.2, 0.25) is 0 Å². The molecule has 0 spiro atoms. The van der Waals surface area contributed by atoms with Crippen molar-refractivity contribution < 1.29 is 9.47 Å². The van der Waals surface area contributed by atoms with Crippen molar-refractivity contribution in [1.82, 2.24) is 15.1 Å². The second kappa shape index (κ2) is 8.35. The molecule has 0 aromatic heterocycles. The summed E-state index contributed by atoms with van der Waals surface area (Å²) in [5, 5.41) is 3.48. The van der Waals surface area contributed by atoms with E-state index >= 15 is 0 Å². The summed E-state index contributed by atoms with van der Waals surface area (Å²) < 4.78 is 10.9. The van der Waals surface area contributed by atoms with Crippen LogP contribution < -0.4 is 10.1 Å². The minimum atomic E-state index is 0.610. The van der Waals surface area contributed by atoms with Gasteiger partial charge in [-0.2, -0.15) is 0 Å². The molecule has 1 atom stereocenters. The molecule has 2 heterocycles. The van der Waals surface area contributed by atoms with E-state index in [4.69, 9.17) is 9.47 Å². The monoisotopic (exact) mass is 332 g/mol. The first-order chi connectivity index (χ1) is 11.8. The summed E-state index contributed by atoms with van der Waals surface area (Å²) in [6, 6.07) is 8.71. The van der Waals surface area contributed by atoms with E-state index in [1.54, 1.807) is 7.11 Å². The molecule has 0 radical (unpaired) electrons. The first-order valence-corrected chi connectivity index (χ1v) is 8.71. The molecule has 2 saturated heterocycles. The van der Waals surface area contributed by atoms with E-state index < -0.39 is 0 Å². The number of nitrogens with one attached hydrogen (secondary N) is 1. The maximum atomic E-state index is 5.46. The van der Waals surface area contributed by atoms with Crippen LogP contribution in [0, 0.1) is 0 Å². The second-order valence-electron chi connectivity index (χ2n) is 6.25. The summed E-state index contributed by atoms with van der Waals surface area (Å²) in [5.41, 5.74) is 1.14. The molecule has 0 aliphatic carbocycles. The second-order valence-corrected chi connectivity index (χ2v) is 6.25. The summed E-state index contributed by atoms with van der Waals surface area (Å²) in [5.74, 6) is 1.88. The predicted octanol–water partition coefficient (Wildman–Crippen LogP) is 1.18. The van der Waals surface area contributed by atoms with Crippen LogP contribution in [0.3, 0.4) is 0 Å². The van der Waals surface area contributed by atoms with Crippen LogP contribution in [0.25, 0.3) is 0 Å². The molecule has 0 bridgehead atoms. The smallest absolute Gasteiger partial charge is 0.193 e. The van der Waals surface area contributed by atoms with Gasteiger partial charge < -0.3 is 19.7 Å². The van der Waals surface area contributed by atoms with Crippen molar-refractivity contribution in [2.24, 2.45) is 4.99 Å². The van der Waals surface area contributed by atoms with Gasteiger partial charge in [0.1, 0.15) is 5.75 Å². The average molecular weight is 332 g/mol. The highest BCUT2D eigenvalue weighted by molar-refractivity contribution is 5.80. The van der Waals surface area contributed by atoms with Gasteiger partial charge in [-0.3, -0.25) is 9.89 Å². The predicted molar refractivity (Wildman–Crippen MR) is 95.6 cm³/mol. The Hall–Kier alpha value is -1.79. The number of morpholine rings is 1. The highest BCUT2D eigenvalue weighted by Gasteiger charge is 2.30. The number of rotatable bonds is 4. The minimum absolute atomic E-state index is 0.610. The number of likely N-dealkylation sites (tertiary alicyclic amines) is 1. The van der Waals surface area contributed by atoms with E-state index in [1.165, 1.54) is 6.42 Å². The molecule has 3 rings (SSSR count). The molecule has 6 nitrogen and oxygen atoms in total. The molecule has 132 valence electrons. The molecule has 0 saturated carbocycles. The van der Waals surface area contributed by atoms with Crippen LogP contribution in [0.15, 0.2) is 29.3 Å². The number of guanidine groups is 1. The number of benzene rings is 1. The molecular formula is C18H28N4O2. The molecule has 2 aliphatic rings. The lowest BCUT2D eigenvalue weighted by atomic mass is 10.2. The van der Waals surface area contributed by atoms with E-state index in [9.17, 15) is 0 Å². The van der Waals surface area contributed by atoms with Crippen molar-refractivity contribution in [3.8, 4) is 5.75 Å². The maximum Gasteiger partial charge on any atom is 0.193 e. The Morgan fingerprint density at radius 1 is 1.29 bits per heavy atom. The number of ether oxygens (including phenoxy) is 2. The van der Waals surface area contributed by atoms with Gasteiger partial charge in [0.05, 0.1) is 20.3 Å². The van der Waals surface area contributed by atoms with Crippen molar-refractivity contribution in [3.05, 3.63) is 29.8 Å². The van der Waals surface area contributed by atoms with Crippen molar-refractivity contribution in [2.45, 2.75) is 19.0 Å². The van der Waals surface area contributed by atoms with E-state index in [0.717, 1.165) is 63.2 Å². The number of aliphatic imine (C=N–C) groups is 1. The number of methoxy groups -OCH3 is 1. The molecule has 1 aromatic rings. The molecule has 1 unspecified atom stereocenters. The Kier molecular flexibility index (Phi) is 5.93. The molecule has 2 fully saturated rings. The fourth-order valence-electron chi connectivity index (χ4n) is 3.53. The number of nitrogens with zero attached hydrogens (tertiary/aromatic N) is 3. The Morgan fingerprint density at radius 3 is 2.83 bits per heavy atom. The fourth-order valence-corrected chi connectivity index (χ4v) is 3.53. The molecule has 0 amide bonds. The van der Waals surface area contributed by atoms with E-state index in [2.05, 4.69) is 26.2 Å². The van der Waals surface area contributed by atoms with Gasteiger partial charge in [-0.25, -0.2) is 0 Å². The SMILES string of the molecule is CN=C(NCc1ccccc1OC)N1CCC(N2CCOCC2)C1. The van der Waals surface area contributed by atoms with Crippen LogP contribution in [-0.2, 0) is 11.3 Å². The van der Waals surface area contributed by atoms with Gasteiger partial charge in [-0.15, -0.1) is 0 Å². The zero-order chi connectivity index (χ0) is 16.8. The van der Waals surface area contributed by atoms with Gasteiger partial charge in [-0.05, 0) is 12.5 Å². The number of hydrogen-bond acceptors (Lipinski definition) is 4. The number of hydrogen-bond donors (Lipinski definition) is 1. The normalized spacial score (nSPS) is 22.7. The van der Waals surface area contributed by atoms with Crippen LogP contribution in [0.5, 0.6) is 5.75 Å². The first kappa shape index (κ1) is 17.0. The topological polar surface area (TPSA) is 49.3 Å². The highest BCUT2D eigenvalue weighted by Crippen LogP contribution is 2.19. The average Bonchev–Trinajstić information content (AvgIpc) is 3.13. The van der Waals surface area contributed by atoms with E-state index in [1.807, 2.05) is 25.2 Å². The van der Waals surface area contributed by atoms with Gasteiger partial charge >= 0.3 is 0 Å². The first-order valence-electron chi connectivity index (χ1n) is 8.71. The molecule has 1 aromatic carbocycles. The third-order valence-corrected chi connectivity index (χ3v) is 4.87. The molecule has 24 heavy (non-hydrogen) atoms. The standard InChI is InChI=1S/C18H28N4O2/c1-19-18(20-13-15-5-3-4-6-17(15)23-2)22-8-7-16(14-22)21-9-11-24-12-10-21/h3-6,16H,7-14H2,1-2H3,(H,19,20). The van der Waals surface area contributed by atoms with E-state index in [-0.39, 0.29) is 0 Å². The van der Waals surface area contributed by atoms with Gasteiger partial charge in [0.25, 0.3) is 0 Å². The molecular weight excluding hydrogens is 304 g/mol. The molecule has 2 aliphatic heterocycles. The lowest BCUT2D eigenvalue weighted by Crippen LogP contribution is -2.46. The van der Waals surface area contributed by atoms with Crippen LogP contribution in [0.4, 0.5) is 0 Å². The molecule has 6 heteroatoms. The van der Waals surface area contributed by atoms with Crippen LogP contribution in [0.1, 0.15) is 12.0 Å². The summed E-state index contributed by atoms with van der Waals surface area (Å²) in [6.45, 7) is 6.61. The largest absolute Gasteiger partial charge is 0.496 e. The fraction of sp³-hybridized carbons (Fsp3) is 0.611. The summed E-state index contributed by atoms with van der Waals surface area (Å²) in [6.07, 6.45) is 1.19. The number of para-hydroxylation sites is 1. The zero-order valence-electron chi connectivity index (χ0n) is 14.7. The summed E-state index contributed by atoms with van der Waals surface area (Å²) in [4.78, 5) is 9.38. The molecule has 1 N–H and O–H groups in total. The Bertz CT molecular complexity index is 558. The third kappa shape index (κ3) is 3.99. The summed E-state index contributed by atoms with van der Waals surface area (Å²) >= 11 is 0. The van der Waals surface area contributed by atoms with Crippen molar-refractivity contribution in [1.29, 1.82) is 0 Å². The van der Waals surface area contributed by atoms with Gasteiger partial charge in [0.15, 0.2) is 5.96 Å². The Balaban J connectivity index is 1.55. The Morgan fingerprint density at radius 2 is 2.08 bits per heavy atom. The van der Waals surface area contributed by atoms with Gasteiger partial charge in [0, 0.05) is 51.4 Å². The van der Waals surface area contributed by atoms with Crippen LogP contribution >= 0.6 is 0 Å². The Labute approximate surface area is 144 Å². The van der Waals surface area contributed by atoms with Crippen molar-refractivity contribution in [2.75, 3.05) is 53.6 Å². The minimum Gasteiger partial charge on any atom is -0.496 e. The van der Waals surface area contributed by atoms with Crippen LogP contribution in [-0.4, -0.2) is 75.4 Å². The lowest BCUT2D eigenvalue weighted by Gasteiger charge is -2.32. The van der Waals surface area contributed by atoms with Crippen molar-refractivity contribution >= 4 is 5.96 Å². The quantitative estimate of drug-likeness (QED) is 0.663. The zero-order valence-corrected chi connectivity index (χ0v) is 14.7. The van der Waals surface area contributed by atoms with Crippen LogP contribution in [0.2, 0.25) is 0 Å². The maximum absolute atomic E-state index is 5.46. The summed E-state index contributed by atoms with van der Waals surface area (Å²) in [7, 11) is 3.56. The van der Waals surface area contributed by atoms with Crippen molar-refractivity contribution in [3.63, 3.8) is 0 Å². The lowest BCUT2D eigenvalue weighted by molar-refractivity contribution is 0.0195. The van der Waals surface area contributed by atoms with Gasteiger partial charge in [-0.1, -0.05) is 18.2 Å².